The first-order valence-electron chi connectivity index (χ1n) is 13.2. The molecule has 1 N–H and O–H groups in total. The molecule has 0 bridgehead atoms. The van der Waals surface area contributed by atoms with E-state index < -0.39 is 17.1 Å². The number of carbonyl (C=O) groups excluding carboxylic acids is 1. The Bertz CT molecular complexity index is 1160. The number of likely N-dealkylation sites (tertiary alicyclic amines) is 1. The van der Waals surface area contributed by atoms with Crippen molar-refractivity contribution >= 4 is 11.9 Å². The summed E-state index contributed by atoms with van der Waals surface area (Å²) in [7, 11) is 0. The number of carboxylic acid groups (broad SMARTS) is 1. The van der Waals surface area contributed by atoms with E-state index in [1.807, 2.05) is 53.8 Å². The van der Waals surface area contributed by atoms with Crippen molar-refractivity contribution in [2.45, 2.75) is 89.5 Å². The topological polar surface area (TPSA) is 93.9 Å². The van der Waals surface area contributed by atoms with Gasteiger partial charge in [-0.05, 0) is 57.6 Å². The van der Waals surface area contributed by atoms with E-state index in [0.29, 0.717) is 38.2 Å². The van der Waals surface area contributed by atoms with Gasteiger partial charge in [0.1, 0.15) is 17.0 Å². The molecule has 2 aromatic rings. The second-order valence-corrected chi connectivity index (χ2v) is 11.1. The number of carboxylic acids is 1. The Hall–Kier alpha value is -2.87. The molecule has 0 saturated carbocycles. The van der Waals surface area contributed by atoms with Crippen LogP contribution >= 0.6 is 0 Å². The van der Waals surface area contributed by atoms with E-state index in [4.69, 9.17) is 9.47 Å². The lowest BCUT2D eigenvalue weighted by atomic mass is 9.68. The van der Waals surface area contributed by atoms with Crippen molar-refractivity contribution in [2.75, 3.05) is 13.2 Å². The molecule has 2 fully saturated rings. The number of para-hydroxylation sites is 1. The normalized spacial score (nSPS) is 29.2. The van der Waals surface area contributed by atoms with Crippen LogP contribution in [0, 0.1) is 5.92 Å². The Morgan fingerprint density at radius 2 is 2.06 bits per heavy atom. The summed E-state index contributed by atoms with van der Waals surface area (Å²) in [5, 5.41) is 14.1. The van der Waals surface area contributed by atoms with Gasteiger partial charge in [0.25, 0.3) is 5.91 Å². The van der Waals surface area contributed by atoms with Gasteiger partial charge in [-0.2, -0.15) is 5.10 Å². The Balaban J connectivity index is 1.49. The van der Waals surface area contributed by atoms with Crippen molar-refractivity contribution in [3.8, 4) is 5.75 Å². The van der Waals surface area contributed by atoms with E-state index in [0.717, 1.165) is 29.8 Å². The number of amides is 1. The molecule has 1 aromatic heterocycles. The summed E-state index contributed by atoms with van der Waals surface area (Å²) in [6.45, 7) is 9.95. The number of aryl methyl sites for hydroxylation is 1. The Morgan fingerprint density at radius 3 is 2.78 bits per heavy atom. The molecule has 8 nitrogen and oxygen atoms in total. The van der Waals surface area contributed by atoms with E-state index in [1.165, 1.54) is 0 Å². The summed E-state index contributed by atoms with van der Waals surface area (Å²) in [6, 6.07) is 9.82. The first-order valence-corrected chi connectivity index (χ1v) is 13.2. The van der Waals surface area contributed by atoms with Crippen molar-refractivity contribution < 1.29 is 24.2 Å². The monoisotopic (exact) mass is 495 g/mol. The first kappa shape index (κ1) is 24.8. The zero-order chi connectivity index (χ0) is 25.7. The second kappa shape index (κ2) is 9.21. The van der Waals surface area contributed by atoms with Crippen LogP contribution in [0.15, 0.2) is 30.3 Å². The summed E-state index contributed by atoms with van der Waals surface area (Å²) in [5.41, 5.74) is 1.40. The molecule has 1 aromatic carbocycles. The predicted molar refractivity (Wildman–Crippen MR) is 134 cm³/mol. The standard InChI is InChI=1S/C28H37N3O5/c1-5-31-22(15-21(29-31)18(2)3)26(34)30-14-8-12-28(30)16-20-25(35-17-28)19-9-6-7-10-23(19)36-27(20,4)13-11-24(32)33/h6-7,9-10,15,18,20,25H,5,8,11-14,16-17H2,1-4H3,(H,32,33)/t20-,25+,27+,28+/m1/s1. The molecule has 8 heteroatoms. The third-order valence-electron chi connectivity index (χ3n) is 8.44. The highest BCUT2D eigenvalue weighted by molar-refractivity contribution is 5.93. The lowest BCUT2D eigenvalue weighted by Crippen LogP contribution is -2.60. The zero-order valence-corrected chi connectivity index (χ0v) is 21.7. The predicted octanol–water partition coefficient (Wildman–Crippen LogP) is 4.79. The van der Waals surface area contributed by atoms with Crippen LogP contribution in [0.4, 0.5) is 0 Å². The van der Waals surface area contributed by atoms with Gasteiger partial charge < -0.3 is 19.5 Å². The van der Waals surface area contributed by atoms with Gasteiger partial charge in [0, 0.05) is 31.0 Å². The number of hydrogen-bond acceptors (Lipinski definition) is 5. The summed E-state index contributed by atoms with van der Waals surface area (Å²) in [5.74, 6) is 0.0876. The highest BCUT2D eigenvalue weighted by Gasteiger charge is 2.57. The number of fused-ring (bicyclic) bond motifs is 3. The van der Waals surface area contributed by atoms with E-state index in [9.17, 15) is 14.7 Å². The van der Waals surface area contributed by atoms with Crippen LogP contribution in [0.2, 0.25) is 0 Å². The highest BCUT2D eigenvalue weighted by Crippen LogP contribution is 2.55. The minimum Gasteiger partial charge on any atom is -0.487 e. The molecule has 1 spiro atoms. The van der Waals surface area contributed by atoms with Crippen LogP contribution in [-0.2, 0) is 16.1 Å². The zero-order valence-electron chi connectivity index (χ0n) is 21.7. The summed E-state index contributed by atoms with van der Waals surface area (Å²) in [4.78, 5) is 27.5. The van der Waals surface area contributed by atoms with E-state index in [2.05, 4.69) is 18.9 Å². The Kier molecular flexibility index (Phi) is 6.35. The van der Waals surface area contributed by atoms with Crippen molar-refractivity contribution in [2.24, 2.45) is 5.92 Å². The molecule has 0 unspecified atom stereocenters. The highest BCUT2D eigenvalue weighted by atomic mass is 16.5. The number of aliphatic carboxylic acids is 1. The van der Waals surface area contributed by atoms with Crippen LogP contribution in [0.1, 0.15) is 93.6 Å². The van der Waals surface area contributed by atoms with E-state index in [-0.39, 0.29) is 30.3 Å². The molecule has 3 aliphatic rings. The van der Waals surface area contributed by atoms with Crippen LogP contribution in [0.3, 0.4) is 0 Å². The largest absolute Gasteiger partial charge is 0.487 e. The molecule has 194 valence electrons. The lowest BCUT2D eigenvalue weighted by molar-refractivity contribution is -0.169. The van der Waals surface area contributed by atoms with Crippen molar-refractivity contribution in [3.63, 3.8) is 0 Å². The maximum Gasteiger partial charge on any atom is 0.303 e. The number of aromatic nitrogens is 2. The fraction of sp³-hybridized carbons (Fsp3) is 0.607. The van der Waals surface area contributed by atoms with Crippen LogP contribution in [0.25, 0.3) is 0 Å². The number of carbonyl (C=O) groups is 2. The number of nitrogens with zero attached hydrogens (tertiary/aromatic N) is 3. The molecule has 1 amide bonds. The molecule has 0 aliphatic carbocycles. The number of ether oxygens (including phenoxy) is 2. The smallest absolute Gasteiger partial charge is 0.303 e. The minimum atomic E-state index is -0.840. The summed E-state index contributed by atoms with van der Waals surface area (Å²) in [6.07, 6.45) is 2.69. The van der Waals surface area contributed by atoms with Crippen LogP contribution < -0.4 is 4.74 Å². The second-order valence-electron chi connectivity index (χ2n) is 11.1. The molecule has 5 rings (SSSR count). The van der Waals surface area contributed by atoms with Crippen molar-refractivity contribution in [3.05, 3.63) is 47.3 Å². The Morgan fingerprint density at radius 1 is 1.28 bits per heavy atom. The van der Waals surface area contributed by atoms with Gasteiger partial charge >= 0.3 is 5.97 Å². The quantitative estimate of drug-likeness (QED) is 0.619. The average molecular weight is 496 g/mol. The number of hydrogen-bond donors (Lipinski definition) is 1. The van der Waals surface area contributed by atoms with E-state index >= 15 is 0 Å². The van der Waals surface area contributed by atoms with Crippen LogP contribution in [-0.4, -0.2) is 56.0 Å². The number of rotatable bonds is 6. The summed E-state index contributed by atoms with van der Waals surface area (Å²) < 4.78 is 15.0. The van der Waals surface area contributed by atoms with Gasteiger partial charge in [0.2, 0.25) is 0 Å². The van der Waals surface area contributed by atoms with Gasteiger partial charge in [-0.25, -0.2) is 0 Å². The van der Waals surface area contributed by atoms with Crippen molar-refractivity contribution in [1.29, 1.82) is 0 Å². The van der Waals surface area contributed by atoms with Gasteiger partial charge in [-0.3, -0.25) is 14.3 Å². The number of benzene rings is 1. The van der Waals surface area contributed by atoms with E-state index in [1.54, 1.807) is 0 Å². The SMILES string of the molecule is CCn1nc(C(C)C)cc1C(=O)N1CCC[C@]12CO[C@H]1c3ccccc3O[C@@](C)(CCC(=O)O)[C@@H]1C2. The molecule has 4 atom stereocenters. The molecule has 4 heterocycles. The first-order chi connectivity index (χ1) is 17.2. The van der Waals surface area contributed by atoms with Crippen LogP contribution in [0.5, 0.6) is 5.75 Å². The Labute approximate surface area is 212 Å². The minimum absolute atomic E-state index is 0.000155. The molecular weight excluding hydrogens is 458 g/mol. The maximum absolute atomic E-state index is 14.0. The van der Waals surface area contributed by atoms with Gasteiger partial charge in [-0.1, -0.05) is 32.0 Å². The lowest BCUT2D eigenvalue weighted by Gasteiger charge is -2.54. The van der Waals surface area contributed by atoms with Gasteiger partial charge in [0.15, 0.2) is 0 Å². The fourth-order valence-corrected chi connectivity index (χ4v) is 6.39. The molecule has 3 aliphatic heterocycles. The maximum atomic E-state index is 14.0. The van der Waals surface area contributed by atoms with Gasteiger partial charge in [-0.15, -0.1) is 0 Å². The van der Waals surface area contributed by atoms with Gasteiger partial charge in [0.05, 0.1) is 23.9 Å². The molecule has 36 heavy (non-hydrogen) atoms. The summed E-state index contributed by atoms with van der Waals surface area (Å²) >= 11 is 0. The van der Waals surface area contributed by atoms with Crippen molar-refractivity contribution in [1.82, 2.24) is 14.7 Å². The molecule has 0 radical (unpaired) electrons. The third kappa shape index (κ3) is 4.09. The molecular formula is C28H37N3O5. The third-order valence-corrected chi connectivity index (χ3v) is 8.44. The molecule has 2 saturated heterocycles. The fourth-order valence-electron chi connectivity index (χ4n) is 6.39. The average Bonchev–Trinajstić information content (AvgIpc) is 3.47.